The summed E-state index contributed by atoms with van der Waals surface area (Å²) in [6.07, 6.45) is 1.17. The molecule has 0 spiro atoms. The van der Waals surface area contributed by atoms with Crippen LogP contribution in [0.25, 0.3) is 0 Å². The van der Waals surface area contributed by atoms with E-state index in [2.05, 4.69) is 50.0 Å². The molecule has 1 aromatic carbocycles. The first-order chi connectivity index (χ1) is 8.40. The van der Waals surface area contributed by atoms with Gasteiger partial charge < -0.3 is 10.2 Å². The predicted octanol–water partition coefficient (Wildman–Crippen LogP) is 3.62. The van der Waals surface area contributed by atoms with Crippen molar-refractivity contribution in [3.05, 3.63) is 28.8 Å². The van der Waals surface area contributed by atoms with E-state index in [1.54, 1.807) is 0 Å². The van der Waals surface area contributed by atoms with Gasteiger partial charge in [0.1, 0.15) is 0 Å². The first-order valence-corrected chi connectivity index (χ1v) is 7.05. The maximum absolute atomic E-state index is 6.05. The van der Waals surface area contributed by atoms with Gasteiger partial charge in [0.05, 0.1) is 0 Å². The third kappa shape index (κ3) is 2.81. The fourth-order valence-corrected chi connectivity index (χ4v) is 2.84. The molecule has 0 aromatic heterocycles. The maximum Gasteiger partial charge on any atom is 0.0470 e. The first kappa shape index (κ1) is 13.7. The van der Waals surface area contributed by atoms with Crippen molar-refractivity contribution in [2.45, 2.75) is 45.7 Å². The maximum atomic E-state index is 6.05. The topological polar surface area (TPSA) is 15.3 Å². The highest BCUT2D eigenvalue weighted by Crippen LogP contribution is 2.30. The summed E-state index contributed by atoms with van der Waals surface area (Å²) in [6, 6.07) is 6.77. The minimum atomic E-state index is 0.128. The van der Waals surface area contributed by atoms with Crippen LogP contribution in [0.1, 0.15) is 32.8 Å². The highest BCUT2D eigenvalue weighted by Gasteiger charge is 2.30. The van der Waals surface area contributed by atoms with E-state index in [0.29, 0.717) is 6.04 Å². The van der Waals surface area contributed by atoms with Crippen molar-refractivity contribution in [1.29, 1.82) is 0 Å². The second-order valence-corrected chi connectivity index (χ2v) is 6.40. The summed E-state index contributed by atoms with van der Waals surface area (Å²) in [7, 11) is 0. The molecule has 1 fully saturated rings. The molecule has 18 heavy (non-hydrogen) atoms. The third-order valence-corrected chi connectivity index (χ3v) is 4.08. The van der Waals surface area contributed by atoms with Crippen LogP contribution in [0.15, 0.2) is 18.2 Å². The Balaban J connectivity index is 2.34. The molecule has 2 rings (SSSR count). The fraction of sp³-hybridized carbons (Fsp3) is 0.600. The van der Waals surface area contributed by atoms with Gasteiger partial charge in [0.25, 0.3) is 0 Å². The second kappa shape index (κ2) is 5.10. The van der Waals surface area contributed by atoms with Gasteiger partial charge in [-0.15, -0.1) is 0 Å². The van der Waals surface area contributed by atoms with E-state index in [9.17, 15) is 0 Å². The standard InChI is InChI=1S/C15H23ClN2/c1-11-9-13(16)5-6-14(11)18-8-7-12(2)17-10-15(18,3)4/h5-6,9,12,17H,7-8,10H2,1-4H3. The fourth-order valence-electron chi connectivity index (χ4n) is 2.62. The van der Waals surface area contributed by atoms with Crippen molar-refractivity contribution in [3.63, 3.8) is 0 Å². The van der Waals surface area contributed by atoms with Gasteiger partial charge in [0.2, 0.25) is 0 Å². The predicted molar refractivity (Wildman–Crippen MR) is 79.7 cm³/mol. The van der Waals surface area contributed by atoms with Crippen LogP contribution in [0.2, 0.25) is 5.02 Å². The molecular formula is C15H23ClN2. The van der Waals surface area contributed by atoms with Crippen molar-refractivity contribution in [1.82, 2.24) is 5.32 Å². The molecular weight excluding hydrogens is 244 g/mol. The Morgan fingerprint density at radius 2 is 2.11 bits per heavy atom. The molecule has 0 bridgehead atoms. The zero-order valence-electron chi connectivity index (χ0n) is 11.8. The summed E-state index contributed by atoms with van der Waals surface area (Å²) < 4.78 is 0. The summed E-state index contributed by atoms with van der Waals surface area (Å²) in [4.78, 5) is 2.51. The second-order valence-electron chi connectivity index (χ2n) is 5.97. The van der Waals surface area contributed by atoms with E-state index in [0.717, 1.165) is 18.1 Å². The number of halogens is 1. The number of aryl methyl sites for hydroxylation is 1. The third-order valence-electron chi connectivity index (χ3n) is 3.85. The van der Waals surface area contributed by atoms with Crippen LogP contribution in [-0.2, 0) is 0 Å². The Hall–Kier alpha value is -0.730. The number of anilines is 1. The summed E-state index contributed by atoms with van der Waals surface area (Å²) in [6.45, 7) is 11.1. The SMILES string of the molecule is Cc1cc(Cl)ccc1N1CCC(C)NCC1(C)C. The van der Waals surface area contributed by atoms with Crippen molar-refractivity contribution in [3.8, 4) is 0 Å². The monoisotopic (exact) mass is 266 g/mol. The summed E-state index contributed by atoms with van der Waals surface area (Å²) in [5, 5.41) is 4.41. The molecule has 0 amide bonds. The molecule has 1 aliphatic heterocycles. The van der Waals surface area contributed by atoms with E-state index in [1.807, 2.05) is 6.07 Å². The molecule has 1 aromatic rings. The van der Waals surface area contributed by atoms with Gasteiger partial charge in [-0.05, 0) is 57.9 Å². The highest BCUT2D eigenvalue weighted by atomic mass is 35.5. The zero-order valence-corrected chi connectivity index (χ0v) is 12.5. The number of benzene rings is 1. The molecule has 1 heterocycles. The van der Waals surface area contributed by atoms with Crippen LogP contribution in [0.4, 0.5) is 5.69 Å². The van der Waals surface area contributed by atoms with Crippen LogP contribution in [0, 0.1) is 6.92 Å². The van der Waals surface area contributed by atoms with Crippen molar-refractivity contribution >= 4 is 17.3 Å². The Kier molecular flexibility index (Phi) is 3.88. The number of hydrogen-bond donors (Lipinski definition) is 1. The van der Waals surface area contributed by atoms with Crippen LogP contribution in [0.5, 0.6) is 0 Å². The van der Waals surface area contributed by atoms with Crippen LogP contribution >= 0.6 is 11.6 Å². The van der Waals surface area contributed by atoms with Crippen molar-refractivity contribution in [2.24, 2.45) is 0 Å². The summed E-state index contributed by atoms with van der Waals surface area (Å²) in [5.41, 5.74) is 2.69. The first-order valence-electron chi connectivity index (χ1n) is 6.67. The Morgan fingerprint density at radius 3 is 2.78 bits per heavy atom. The zero-order chi connectivity index (χ0) is 13.3. The molecule has 100 valence electrons. The van der Waals surface area contributed by atoms with Crippen LogP contribution in [-0.4, -0.2) is 24.7 Å². The summed E-state index contributed by atoms with van der Waals surface area (Å²) >= 11 is 6.05. The highest BCUT2D eigenvalue weighted by molar-refractivity contribution is 6.30. The average molecular weight is 267 g/mol. The van der Waals surface area contributed by atoms with Crippen molar-refractivity contribution in [2.75, 3.05) is 18.0 Å². The molecule has 0 aliphatic carbocycles. The smallest absolute Gasteiger partial charge is 0.0470 e. The Labute approximate surface area is 115 Å². The van der Waals surface area contributed by atoms with E-state index in [1.165, 1.54) is 17.7 Å². The molecule has 1 atom stereocenters. The molecule has 2 nitrogen and oxygen atoms in total. The molecule has 0 radical (unpaired) electrons. The Bertz CT molecular complexity index is 429. The van der Waals surface area contributed by atoms with E-state index in [4.69, 9.17) is 11.6 Å². The Morgan fingerprint density at radius 1 is 1.39 bits per heavy atom. The van der Waals surface area contributed by atoms with Gasteiger partial charge in [0.15, 0.2) is 0 Å². The van der Waals surface area contributed by atoms with E-state index >= 15 is 0 Å². The lowest BCUT2D eigenvalue weighted by molar-refractivity contribution is 0.447. The van der Waals surface area contributed by atoms with Gasteiger partial charge in [0, 0.05) is 35.4 Å². The molecule has 1 N–H and O–H groups in total. The molecule has 1 unspecified atom stereocenters. The van der Waals surface area contributed by atoms with Gasteiger partial charge in [-0.3, -0.25) is 0 Å². The lowest BCUT2D eigenvalue weighted by atomic mass is 10.0. The van der Waals surface area contributed by atoms with Gasteiger partial charge >= 0.3 is 0 Å². The normalized spacial score (nSPS) is 23.8. The summed E-state index contributed by atoms with van der Waals surface area (Å²) in [5.74, 6) is 0. The number of rotatable bonds is 1. The lowest BCUT2D eigenvalue weighted by Gasteiger charge is -2.39. The minimum Gasteiger partial charge on any atom is -0.365 e. The molecule has 3 heteroatoms. The van der Waals surface area contributed by atoms with Crippen LogP contribution < -0.4 is 10.2 Å². The molecule has 1 aliphatic rings. The number of nitrogens with zero attached hydrogens (tertiary/aromatic N) is 1. The quantitative estimate of drug-likeness (QED) is 0.835. The van der Waals surface area contributed by atoms with Crippen LogP contribution in [0.3, 0.4) is 0 Å². The van der Waals surface area contributed by atoms with Crippen molar-refractivity contribution < 1.29 is 0 Å². The minimum absolute atomic E-state index is 0.128. The molecule has 1 saturated heterocycles. The average Bonchev–Trinajstić information content (AvgIpc) is 2.40. The number of hydrogen-bond acceptors (Lipinski definition) is 2. The van der Waals surface area contributed by atoms with Gasteiger partial charge in [-0.25, -0.2) is 0 Å². The van der Waals surface area contributed by atoms with Gasteiger partial charge in [-0.2, -0.15) is 0 Å². The molecule has 0 saturated carbocycles. The lowest BCUT2D eigenvalue weighted by Crippen LogP contribution is -2.49. The number of nitrogens with one attached hydrogen (secondary N) is 1. The van der Waals surface area contributed by atoms with Gasteiger partial charge in [-0.1, -0.05) is 11.6 Å². The van der Waals surface area contributed by atoms with E-state index < -0.39 is 0 Å². The largest absolute Gasteiger partial charge is 0.365 e. The van der Waals surface area contributed by atoms with E-state index in [-0.39, 0.29) is 5.54 Å².